The summed E-state index contributed by atoms with van der Waals surface area (Å²) in [5.74, 6) is 2.19. The second-order valence-corrected chi connectivity index (χ2v) is 1.95. The molecule has 0 spiro atoms. The van der Waals surface area contributed by atoms with Gasteiger partial charge in [-0.25, -0.2) is 4.72 Å². The molecule has 0 saturated heterocycles. The summed E-state index contributed by atoms with van der Waals surface area (Å²) >= 11 is -2.24. The highest BCUT2D eigenvalue weighted by Gasteiger charge is 1.90. The Hall–Kier alpha value is -0.370. The minimum absolute atomic E-state index is 0.409. The van der Waals surface area contributed by atoms with Crippen molar-refractivity contribution in [1.82, 2.24) is 4.72 Å². The molecule has 1 N–H and O–H groups in total. The minimum atomic E-state index is -2.24. The maximum atomic E-state index is 9.76. The molecule has 0 aromatic rings. The third-order valence-corrected chi connectivity index (χ3v) is 1.07. The summed E-state index contributed by atoms with van der Waals surface area (Å²) in [5.41, 5.74) is 0. The van der Waals surface area contributed by atoms with Crippen molar-refractivity contribution in [3.63, 3.8) is 0 Å². The van der Waals surface area contributed by atoms with Gasteiger partial charge in [0.2, 0.25) is 0 Å². The quantitative estimate of drug-likeness (QED) is 0.402. The van der Waals surface area contributed by atoms with Crippen LogP contribution in [0, 0.1) is 12.3 Å². The molecule has 0 fully saturated rings. The van der Waals surface area contributed by atoms with Gasteiger partial charge < -0.3 is 4.55 Å². The van der Waals surface area contributed by atoms with E-state index in [4.69, 9.17) is 6.42 Å². The number of nitrogens with one attached hydrogen (secondary N) is 1. The minimum Gasteiger partial charge on any atom is -0.760 e. The first-order valence-electron chi connectivity index (χ1n) is 1.98. The van der Waals surface area contributed by atoms with Crippen molar-refractivity contribution in [1.29, 1.82) is 0 Å². The van der Waals surface area contributed by atoms with Gasteiger partial charge in [0.1, 0.15) is 0 Å². The molecule has 0 rings (SSSR count). The number of hydrogen-bond acceptors (Lipinski definition) is 2. The van der Waals surface area contributed by atoms with Crippen molar-refractivity contribution >= 4 is 11.3 Å². The first-order chi connectivity index (χ1) is 3.66. The topological polar surface area (TPSA) is 52.2 Å². The van der Waals surface area contributed by atoms with Gasteiger partial charge >= 0.3 is 0 Å². The number of rotatable bonds is 2. The molecule has 3 nitrogen and oxygen atoms in total. The van der Waals surface area contributed by atoms with Gasteiger partial charge in [-0.2, -0.15) is 0 Å². The summed E-state index contributed by atoms with van der Waals surface area (Å²) in [5, 5.41) is 0. The fraction of sp³-hybridized carbons (Fsp3) is 0.500. The molecule has 0 saturated carbocycles. The second kappa shape index (κ2) is 3.61. The average Bonchev–Trinajstić information content (AvgIpc) is 1.65. The van der Waals surface area contributed by atoms with Gasteiger partial charge in [-0.15, -0.1) is 6.42 Å². The standard InChI is InChI=1S/C4H7NO2S/c1-3-4(2)5-8(6)7/h1,4-5H,2H3,(H,6,7)/p-1. The van der Waals surface area contributed by atoms with E-state index in [9.17, 15) is 8.76 Å². The maximum absolute atomic E-state index is 9.76. The predicted molar refractivity (Wildman–Crippen MR) is 30.4 cm³/mol. The summed E-state index contributed by atoms with van der Waals surface area (Å²) in [6.45, 7) is 1.58. The lowest BCUT2D eigenvalue weighted by Crippen LogP contribution is -2.25. The Balaban J connectivity index is 3.43. The van der Waals surface area contributed by atoms with Crippen LogP contribution in [0.25, 0.3) is 0 Å². The molecule has 0 amide bonds. The van der Waals surface area contributed by atoms with E-state index in [-0.39, 0.29) is 0 Å². The lowest BCUT2D eigenvalue weighted by Gasteiger charge is -2.08. The fourth-order valence-electron chi connectivity index (χ4n) is 0.178. The maximum Gasteiger partial charge on any atom is 0.0763 e. The van der Waals surface area contributed by atoms with E-state index < -0.39 is 17.3 Å². The molecule has 0 aromatic carbocycles. The summed E-state index contributed by atoms with van der Waals surface area (Å²) in [4.78, 5) is 0. The molecule has 0 heterocycles. The molecule has 0 bridgehead atoms. The van der Waals surface area contributed by atoms with Gasteiger partial charge in [-0.05, 0) is 6.92 Å². The molecule has 0 aliphatic carbocycles. The molecular formula is C4H6NO2S-. The van der Waals surface area contributed by atoms with Gasteiger partial charge in [-0.1, -0.05) is 5.92 Å². The van der Waals surface area contributed by atoms with E-state index in [0.717, 1.165) is 0 Å². The lowest BCUT2D eigenvalue weighted by molar-refractivity contribution is 0.519. The normalized spacial score (nSPS) is 16.6. The van der Waals surface area contributed by atoms with Crippen molar-refractivity contribution < 1.29 is 8.76 Å². The molecule has 2 atom stereocenters. The highest BCUT2D eigenvalue weighted by molar-refractivity contribution is 7.77. The van der Waals surface area contributed by atoms with Crippen LogP contribution in [0.3, 0.4) is 0 Å². The zero-order valence-electron chi connectivity index (χ0n) is 4.38. The van der Waals surface area contributed by atoms with E-state index in [0.29, 0.717) is 0 Å². The Morgan fingerprint density at radius 1 is 2.00 bits per heavy atom. The predicted octanol–water partition coefficient (Wildman–Crippen LogP) is -0.608. The molecule has 4 heteroatoms. The highest BCUT2D eigenvalue weighted by Crippen LogP contribution is 1.75. The monoisotopic (exact) mass is 132 g/mol. The van der Waals surface area contributed by atoms with Gasteiger partial charge in [0.05, 0.1) is 6.04 Å². The lowest BCUT2D eigenvalue weighted by atomic mass is 10.4. The molecule has 8 heavy (non-hydrogen) atoms. The first-order valence-corrected chi connectivity index (χ1v) is 3.06. The van der Waals surface area contributed by atoms with Gasteiger partial charge in [-0.3, -0.25) is 4.21 Å². The van der Waals surface area contributed by atoms with E-state index >= 15 is 0 Å². The summed E-state index contributed by atoms with van der Waals surface area (Å²) < 4.78 is 21.6. The van der Waals surface area contributed by atoms with Crippen LogP contribution >= 0.6 is 0 Å². The summed E-state index contributed by atoms with van der Waals surface area (Å²) in [6.07, 6.45) is 4.83. The Morgan fingerprint density at radius 2 is 2.50 bits per heavy atom. The Bertz CT molecular complexity index is 128. The van der Waals surface area contributed by atoms with Crippen molar-refractivity contribution in [3.8, 4) is 12.3 Å². The van der Waals surface area contributed by atoms with Crippen LogP contribution in [-0.4, -0.2) is 14.8 Å². The van der Waals surface area contributed by atoms with Crippen LogP contribution in [-0.2, 0) is 11.3 Å². The molecular weight excluding hydrogens is 126 g/mol. The van der Waals surface area contributed by atoms with Crippen molar-refractivity contribution in [3.05, 3.63) is 0 Å². The van der Waals surface area contributed by atoms with Crippen LogP contribution in [0.2, 0.25) is 0 Å². The highest BCUT2D eigenvalue weighted by atomic mass is 32.2. The van der Waals surface area contributed by atoms with Gasteiger partial charge in [0.15, 0.2) is 0 Å². The Kier molecular flexibility index (Phi) is 3.44. The smallest absolute Gasteiger partial charge is 0.0763 e. The van der Waals surface area contributed by atoms with E-state index in [1.54, 1.807) is 6.92 Å². The van der Waals surface area contributed by atoms with Gasteiger partial charge in [0.25, 0.3) is 0 Å². The average molecular weight is 132 g/mol. The van der Waals surface area contributed by atoms with Crippen molar-refractivity contribution in [2.24, 2.45) is 0 Å². The van der Waals surface area contributed by atoms with Crippen LogP contribution < -0.4 is 4.72 Å². The SMILES string of the molecule is C#CC(C)NS(=O)[O-]. The fourth-order valence-corrected chi connectivity index (χ4v) is 0.535. The summed E-state index contributed by atoms with van der Waals surface area (Å²) in [6, 6.07) is -0.409. The third-order valence-electron chi connectivity index (χ3n) is 0.523. The molecule has 0 radical (unpaired) electrons. The first kappa shape index (κ1) is 7.63. The molecule has 0 aromatic heterocycles. The van der Waals surface area contributed by atoms with Crippen molar-refractivity contribution in [2.75, 3.05) is 0 Å². The van der Waals surface area contributed by atoms with Gasteiger partial charge in [0, 0.05) is 11.3 Å². The second-order valence-electron chi connectivity index (χ2n) is 1.24. The Labute approximate surface area is 50.9 Å². The largest absolute Gasteiger partial charge is 0.760 e. The third kappa shape index (κ3) is 3.81. The van der Waals surface area contributed by atoms with E-state index in [1.807, 2.05) is 0 Å². The Morgan fingerprint density at radius 3 is 2.62 bits per heavy atom. The molecule has 0 aliphatic heterocycles. The molecule has 46 valence electrons. The van der Waals surface area contributed by atoms with Crippen LogP contribution in [0.1, 0.15) is 6.92 Å². The van der Waals surface area contributed by atoms with Crippen molar-refractivity contribution in [2.45, 2.75) is 13.0 Å². The number of hydrogen-bond donors (Lipinski definition) is 1. The summed E-state index contributed by atoms with van der Waals surface area (Å²) in [7, 11) is 0. The van der Waals surface area contributed by atoms with Crippen LogP contribution in [0.15, 0.2) is 0 Å². The van der Waals surface area contributed by atoms with E-state index in [2.05, 4.69) is 10.6 Å². The zero-order chi connectivity index (χ0) is 6.57. The van der Waals surface area contributed by atoms with Crippen LogP contribution in [0.5, 0.6) is 0 Å². The number of terminal acetylenes is 1. The molecule has 2 unspecified atom stereocenters. The van der Waals surface area contributed by atoms with Crippen LogP contribution in [0.4, 0.5) is 0 Å². The molecule has 0 aliphatic rings. The zero-order valence-corrected chi connectivity index (χ0v) is 5.20. The van der Waals surface area contributed by atoms with E-state index in [1.165, 1.54) is 0 Å².